The molecule has 2 aromatic heterocycles. The van der Waals surface area contributed by atoms with E-state index in [1.807, 2.05) is 24.4 Å². The second kappa shape index (κ2) is 9.32. The van der Waals surface area contributed by atoms with Crippen LogP contribution < -0.4 is 4.90 Å². The summed E-state index contributed by atoms with van der Waals surface area (Å²) in [6.45, 7) is 7.75. The van der Waals surface area contributed by atoms with Gasteiger partial charge in [-0.1, -0.05) is 60.7 Å². The first-order valence-corrected chi connectivity index (χ1v) is 11.2. The topological polar surface area (TPSA) is 50.1 Å². The van der Waals surface area contributed by atoms with E-state index in [9.17, 15) is 0 Å². The lowest BCUT2D eigenvalue weighted by Gasteiger charge is -2.35. The molecule has 6 nitrogen and oxygen atoms in total. The van der Waals surface area contributed by atoms with Gasteiger partial charge >= 0.3 is 0 Å². The molecule has 0 bridgehead atoms. The predicted octanol–water partition coefficient (Wildman–Crippen LogP) is 4.02. The van der Waals surface area contributed by atoms with E-state index < -0.39 is 0 Å². The molecule has 0 atom stereocenters. The minimum absolute atomic E-state index is 0.727. The van der Waals surface area contributed by atoms with Crippen LogP contribution in [-0.4, -0.2) is 50.8 Å². The van der Waals surface area contributed by atoms with Crippen molar-refractivity contribution in [2.45, 2.75) is 20.0 Å². The van der Waals surface area contributed by atoms with Crippen LogP contribution in [0.15, 0.2) is 79.0 Å². The Morgan fingerprint density at radius 1 is 0.750 bits per heavy atom. The summed E-state index contributed by atoms with van der Waals surface area (Å²) in [4.78, 5) is 9.41. The van der Waals surface area contributed by atoms with Gasteiger partial charge in [-0.3, -0.25) is 14.5 Å². The number of anilines is 1. The molecule has 32 heavy (non-hydrogen) atoms. The molecule has 0 saturated carbocycles. The number of piperazine rings is 1. The van der Waals surface area contributed by atoms with E-state index in [1.165, 1.54) is 16.7 Å². The molecule has 6 heteroatoms. The second-order valence-corrected chi connectivity index (χ2v) is 8.30. The molecule has 3 heterocycles. The first kappa shape index (κ1) is 20.4. The van der Waals surface area contributed by atoms with E-state index in [-0.39, 0.29) is 0 Å². The maximum Gasteiger partial charge on any atom is 0.227 e. The van der Waals surface area contributed by atoms with Crippen molar-refractivity contribution < 1.29 is 0 Å². The quantitative estimate of drug-likeness (QED) is 0.468. The van der Waals surface area contributed by atoms with Crippen molar-refractivity contribution in [3.63, 3.8) is 0 Å². The average molecular weight is 425 g/mol. The van der Waals surface area contributed by atoms with Gasteiger partial charge in [-0.05, 0) is 35.7 Å². The number of hydrogen-bond acceptors (Lipinski definition) is 5. The summed E-state index contributed by atoms with van der Waals surface area (Å²) in [5.74, 6) is 1.74. The molecule has 2 aromatic carbocycles. The molecule has 0 amide bonds. The maximum atomic E-state index is 4.63. The Labute approximate surface area is 189 Å². The fourth-order valence-corrected chi connectivity index (χ4v) is 4.26. The van der Waals surface area contributed by atoms with Crippen LogP contribution in [0, 0.1) is 6.92 Å². The summed E-state index contributed by atoms with van der Waals surface area (Å²) in [5.41, 5.74) is 4.75. The van der Waals surface area contributed by atoms with E-state index in [2.05, 4.69) is 91.1 Å². The van der Waals surface area contributed by atoms with Gasteiger partial charge in [0.1, 0.15) is 5.69 Å². The predicted molar refractivity (Wildman–Crippen MR) is 127 cm³/mol. The molecule has 0 radical (unpaired) electrons. The molecule has 0 unspecified atom stereocenters. The van der Waals surface area contributed by atoms with Crippen LogP contribution in [0.2, 0.25) is 0 Å². The number of nitrogens with zero attached hydrogens (tertiary/aromatic N) is 6. The molecule has 162 valence electrons. The number of hydrogen-bond donors (Lipinski definition) is 0. The minimum atomic E-state index is 0.727. The lowest BCUT2D eigenvalue weighted by Crippen LogP contribution is -2.46. The number of aromatic nitrogens is 4. The van der Waals surface area contributed by atoms with Crippen molar-refractivity contribution in [2.75, 3.05) is 31.1 Å². The Morgan fingerprint density at radius 3 is 2.25 bits per heavy atom. The van der Waals surface area contributed by atoms with Gasteiger partial charge < -0.3 is 4.90 Å². The molecule has 0 aliphatic carbocycles. The summed E-state index contributed by atoms with van der Waals surface area (Å²) < 4.78 is 2.22. The first-order valence-electron chi connectivity index (χ1n) is 11.2. The molecule has 1 aliphatic rings. The van der Waals surface area contributed by atoms with Crippen molar-refractivity contribution in [3.05, 3.63) is 95.7 Å². The summed E-state index contributed by atoms with van der Waals surface area (Å²) in [7, 11) is 0. The minimum Gasteiger partial charge on any atom is -0.338 e. The van der Waals surface area contributed by atoms with Gasteiger partial charge in [-0.2, -0.15) is 0 Å². The molecule has 1 saturated heterocycles. The zero-order valence-electron chi connectivity index (χ0n) is 18.4. The third kappa shape index (κ3) is 4.41. The van der Waals surface area contributed by atoms with Crippen LogP contribution in [0.5, 0.6) is 0 Å². The van der Waals surface area contributed by atoms with Gasteiger partial charge in [0.2, 0.25) is 5.95 Å². The van der Waals surface area contributed by atoms with Crippen LogP contribution in [-0.2, 0) is 13.1 Å². The Kier molecular flexibility index (Phi) is 5.94. The molecule has 4 aromatic rings. The fraction of sp³-hybridized carbons (Fsp3) is 0.269. The normalized spacial score (nSPS) is 14.6. The van der Waals surface area contributed by atoms with Crippen molar-refractivity contribution in [2.24, 2.45) is 0 Å². The van der Waals surface area contributed by atoms with E-state index >= 15 is 0 Å². The molecular formula is C26H28N6. The molecule has 0 spiro atoms. The number of pyridine rings is 1. The average Bonchev–Trinajstić information content (AvgIpc) is 3.26. The van der Waals surface area contributed by atoms with Gasteiger partial charge in [0, 0.05) is 38.9 Å². The first-order chi connectivity index (χ1) is 15.8. The molecule has 1 aliphatic heterocycles. The molecule has 5 rings (SSSR count). The van der Waals surface area contributed by atoms with Gasteiger partial charge in [0.25, 0.3) is 0 Å². The summed E-state index contributed by atoms with van der Waals surface area (Å²) in [6, 6.07) is 25.1. The third-order valence-electron chi connectivity index (χ3n) is 6.12. The maximum absolute atomic E-state index is 4.63. The van der Waals surface area contributed by atoms with Crippen LogP contribution in [0.1, 0.15) is 16.7 Å². The Hall–Kier alpha value is -3.51. The lowest BCUT2D eigenvalue weighted by atomic mass is 10.1. The molecule has 1 fully saturated rings. The summed E-state index contributed by atoms with van der Waals surface area (Å²) >= 11 is 0. The van der Waals surface area contributed by atoms with Crippen LogP contribution in [0.3, 0.4) is 0 Å². The van der Waals surface area contributed by atoms with Crippen molar-refractivity contribution in [1.82, 2.24) is 24.6 Å². The summed E-state index contributed by atoms with van der Waals surface area (Å²) in [6.07, 6.45) is 1.81. The van der Waals surface area contributed by atoms with E-state index in [0.29, 0.717) is 0 Å². The zero-order chi connectivity index (χ0) is 21.8. The molecular weight excluding hydrogens is 396 g/mol. The molecule has 0 N–H and O–H groups in total. The largest absolute Gasteiger partial charge is 0.338 e. The zero-order valence-corrected chi connectivity index (χ0v) is 18.4. The van der Waals surface area contributed by atoms with E-state index in [0.717, 1.165) is 56.7 Å². The smallest absolute Gasteiger partial charge is 0.227 e. The van der Waals surface area contributed by atoms with Crippen LogP contribution in [0.25, 0.3) is 11.5 Å². The van der Waals surface area contributed by atoms with E-state index in [4.69, 9.17) is 0 Å². The Morgan fingerprint density at radius 2 is 1.50 bits per heavy atom. The van der Waals surface area contributed by atoms with Crippen molar-refractivity contribution >= 4 is 5.95 Å². The highest BCUT2D eigenvalue weighted by molar-refractivity contribution is 5.53. The highest BCUT2D eigenvalue weighted by atomic mass is 15.4. The van der Waals surface area contributed by atoms with Crippen molar-refractivity contribution in [1.29, 1.82) is 0 Å². The van der Waals surface area contributed by atoms with E-state index in [1.54, 1.807) is 0 Å². The standard InChI is InChI=1S/C26H28N6/c1-21-9-5-6-12-23(21)20-32-25(24-13-7-8-14-27-24)28-29-26(32)31-17-15-30(16-18-31)19-22-10-3-2-4-11-22/h2-14H,15-20H2,1H3. The number of rotatable bonds is 6. The fourth-order valence-electron chi connectivity index (χ4n) is 4.26. The van der Waals surface area contributed by atoms with Gasteiger partial charge in [-0.15, -0.1) is 10.2 Å². The Bertz CT molecular complexity index is 1150. The second-order valence-electron chi connectivity index (χ2n) is 8.30. The highest BCUT2D eigenvalue weighted by Crippen LogP contribution is 2.25. The lowest BCUT2D eigenvalue weighted by molar-refractivity contribution is 0.248. The SMILES string of the molecule is Cc1ccccc1Cn1c(-c2ccccn2)nnc1N1CCN(Cc2ccccc2)CC1. The van der Waals surface area contributed by atoms with Crippen LogP contribution in [0.4, 0.5) is 5.95 Å². The van der Waals surface area contributed by atoms with Crippen LogP contribution >= 0.6 is 0 Å². The number of benzene rings is 2. The van der Waals surface area contributed by atoms with Gasteiger partial charge in [0.05, 0.1) is 6.54 Å². The van der Waals surface area contributed by atoms with Gasteiger partial charge in [0.15, 0.2) is 5.82 Å². The Balaban J connectivity index is 1.39. The van der Waals surface area contributed by atoms with Gasteiger partial charge in [-0.25, -0.2) is 0 Å². The monoisotopic (exact) mass is 424 g/mol. The summed E-state index contributed by atoms with van der Waals surface area (Å²) in [5, 5.41) is 9.20. The third-order valence-corrected chi connectivity index (χ3v) is 6.12. The van der Waals surface area contributed by atoms with Crippen molar-refractivity contribution in [3.8, 4) is 11.5 Å². The number of aryl methyl sites for hydroxylation is 1. The highest BCUT2D eigenvalue weighted by Gasteiger charge is 2.24.